The summed E-state index contributed by atoms with van der Waals surface area (Å²) in [7, 11) is 0. The van der Waals surface area contributed by atoms with Crippen LogP contribution < -0.4 is 4.57 Å². The molecule has 0 atom stereocenters. The van der Waals surface area contributed by atoms with Crippen molar-refractivity contribution in [2.75, 3.05) is 0 Å². The van der Waals surface area contributed by atoms with Crippen LogP contribution in [0.3, 0.4) is 0 Å². The number of aromatic nitrogens is 1. The van der Waals surface area contributed by atoms with Crippen molar-refractivity contribution in [1.29, 1.82) is 0 Å². The van der Waals surface area contributed by atoms with Gasteiger partial charge in [0.1, 0.15) is 0 Å². The molecule has 86 valence electrons. The summed E-state index contributed by atoms with van der Waals surface area (Å²) in [6.07, 6.45) is 3.41. The van der Waals surface area contributed by atoms with Crippen LogP contribution in [0.25, 0.3) is 22.0 Å². The second kappa shape index (κ2) is 3.67. The molecule has 0 unspecified atom stereocenters. The van der Waals surface area contributed by atoms with Gasteiger partial charge in [0.15, 0.2) is 12.7 Å². The minimum absolute atomic E-state index is 1.08. The minimum Gasteiger partial charge on any atom is -0.197 e. The van der Waals surface area contributed by atoms with Gasteiger partial charge in [0.25, 0.3) is 0 Å². The van der Waals surface area contributed by atoms with Crippen LogP contribution in [0, 0.1) is 0 Å². The van der Waals surface area contributed by atoms with E-state index in [0.717, 1.165) is 13.0 Å². The Balaban J connectivity index is 2.06. The molecule has 0 saturated heterocycles. The summed E-state index contributed by atoms with van der Waals surface area (Å²) in [6.45, 7) is 1.08. The predicted octanol–water partition coefficient (Wildman–Crippen LogP) is 3.35. The van der Waals surface area contributed by atoms with Crippen molar-refractivity contribution in [2.24, 2.45) is 0 Å². The van der Waals surface area contributed by atoms with Crippen LogP contribution in [-0.2, 0) is 13.0 Å². The van der Waals surface area contributed by atoms with Crippen LogP contribution >= 0.6 is 0 Å². The Morgan fingerprint density at radius 1 is 0.833 bits per heavy atom. The second-order valence-corrected chi connectivity index (χ2v) is 4.89. The first-order chi connectivity index (χ1) is 8.92. The number of rotatable bonds is 0. The molecule has 0 spiro atoms. The second-order valence-electron chi connectivity index (χ2n) is 4.89. The van der Waals surface area contributed by atoms with E-state index < -0.39 is 0 Å². The van der Waals surface area contributed by atoms with Gasteiger partial charge < -0.3 is 0 Å². The smallest absolute Gasteiger partial charge is 0.197 e. The Bertz CT molecular complexity index is 743. The molecule has 1 heteroatoms. The lowest BCUT2D eigenvalue weighted by molar-refractivity contribution is -0.686. The molecule has 1 aliphatic heterocycles. The normalized spacial score (nSPS) is 13.1. The summed E-state index contributed by atoms with van der Waals surface area (Å²) < 4.78 is 2.38. The molecule has 2 aromatic carbocycles. The molecule has 0 fully saturated rings. The summed E-state index contributed by atoms with van der Waals surface area (Å²) >= 11 is 0. The van der Waals surface area contributed by atoms with Crippen molar-refractivity contribution < 1.29 is 4.57 Å². The van der Waals surface area contributed by atoms with Gasteiger partial charge in [-0.05, 0) is 23.1 Å². The maximum absolute atomic E-state index is 2.38. The van der Waals surface area contributed by atoms with E-state index in [4.69, 9.17) is 0 Å². The molecule has 3 aromatic rings. The summed E-state index contributed by atoms with van der Waals surface area (Å²) in [4.78, 5) is 0. The van der Waals surface area contributed by atoms with E-state index in [0.29, 0.717) is 0 Å². The van der Waals surface area contributed by atoms with Gasteiger partial charge in [0.05, 0.1) is 0 Å². The molecule has 1 aromatic heterocycles. The van der Waals surface area contributed by atoms with Crippen LogP contribution in [0.1, 0.15) is 5.56 Å². The summed E-state index contributed by atoms with van der Waals surface area (Å²) in [6, 6.07) is 19.6. The largest absolute Gasteiger partial charge is 0.213 e. The fraction of sp³-hybridized carbons (Fsp3) is 0.118. The Morgan fingerprint density at radius 2 is 1.61 bits per heavy atom. The van der Waals surface area contributed by atoms with E-state index in [-0.39, 0.29) is 0 Å². The molecule has 0 N–H and O–H groups in total. The molecule has 4 rings (SSSR count). The van der Waals surface area contributed by atoms with Crippen LogP contribution in [0.15, 0.2) is 60.8 Å². The van der Waals surface area contributed by atoms with E-state index in [2.05, 4.69) is 65.4 Å². The average Bonchev–Trinajstić information content (AvgIpc) is 2.45. The molecule has 1 aliphatic rings. The predicted molar refractivity (Wildman–Crippen MR) is 73.3 cm³/mol. The lowest BCUT2D eigenvalue weighted by atomic mass is 9.96. The number of pyridine rings is 1. The minimum atomic E-state index is 1.08. The van der Waals surface area contributed by atoms with E-state index >= 15 is 0 Å². The third-order valence-electron chi connectivity index (χ3n) is 3.81. The highest BCUT2D eigenvalue weighted by molar-refractivity contribution is 5.84. The van der Waals surface area contributed by atoms with Gasteiger partial charge in [0.2, 0.25) is 5.69 Å². The van der Waals surface area contributed by atoms with E-state index in [1.807, 2.05) is 0 Å². The molecular formula is C17H14N+. The van der Waals surface area contributed by atoms with Crippen LogP contribution in [0.5, 0.6) is 0 Å². The Labute approximate surface area is 106 Å². The molecule has 0 bridgehead atoms. The lowest BCUT2D eigenvalue weighted by Crippen LogP contribution is -2.39. The Hall–Kier alpha value is -2.15. The highest BCUT2D eigenvalue weighted by atomic mass is 15.0. The Kier molecular flexibility index (Phi) is 2.01. The summed E-state index contributed by atoms with van der Waals surface area (Å²) in [5, 5.41) is 2.64. The number of nitrogens with zero attached hydrogens (tertiary/aromatic N) is 1. The number of hydrogen-bond donors (Lipinski definition) is 0. The lowest BCUT2D eigenvalue weighted by Gasteiger charge is -2.14. The van der Waals surface area contributed by atoms with Crippen molar-refractivity contribution >= 4 is 10.8 Å². The van der Waals surface area contributed by atoms with Crippen molar-refractivity contribution in [2.45, 2.75) is 13.0 Å². The van der Waals surface area contributed by atoms with Gasteiger partial charge in [-0.2, -0.15) is 4.57 Å². The summed E-state index contributed by atoms with van der Waals surface area (Å²) in [5.41, 5.74) is 4.19. The number of aryl methyl sites for hydroxylation is 2. The van der Waals surface area contributed by atoms with Crippen molar-refractivity contribution in [1.82, 2.24) is 0 Å². The number of benzene rings is 2. The van der Waals surface area contributed by atoms with Crippen LogP contribution in [-0.4, -0.2) is 0 Å². The topological polar surface area (TPSA) is 3.88 Å². The maximum atomic E-state index is 2.38. The molecule has 2 heterocycles. The zero-order chi connectivity index (χ0) is 11.9. The number of hydrogen-bond acceptors (Lipinski definition) is 0. The molecule has 0 radical (unpaired) electrons. The van der Waals surface area contributed by atoms with Gasteiger partial charge in [-0.15, -0.1) is 0 Å². The van der Waals surface area contributed by atoms with Crippen molar-refractivity contribution in [3.8, 4) is 11.3 Å². The van der Waals surface area contributed by atoms with Gasteiger partial charge in [-0.3, -0.25) is 0 Å². The first-order valence-electron chi connectivity index (χ1n) is 6.42. The SMILES string of the molecule is c1ccc2c(c1)CC[n+]1cc3ccccc3cc1-2. The summed E-state index contributed by atoms with van der Waals surface area (Å²) in [5.74, 6) is 0. The average molecular weight is 232 g/mol. The molecule has 1 nitrogen and oxygen atoms in total. The molecule has 0 amide bonds. The first kappa shape index (κ1) is 9.84. The van der Waals surface area contributed by atoms with Crippen LogP contribution in [0.2, 0.25) is 0 Å². The third-order valence-corrected chi connectivity index (χ3v) is 3.81. The van der Waals surface area contributed by atoms with Crippen LogP contribution in [0.4, 0.5) is 0 Å². The van der Waals surface area contributed by atoms with Crippen molar-refractivity contribution in [3.05, 3.63) is 66.4 Å². The van der Waals surface area contributed by atoms with Gasteiger partial charge in [0, 0.05) is 23.4 Å². The zero-order valence-corrected chi connectivity index (χ0v) is 10.1. The van der Waals surface area contributed by atoms with Gasteiger partial charge in [-0.25, -0.2) is 0 Å². The monoisotopic (exact) mass is 232 g/mol. The van der Waals surface area contributed by atoms with E-state index in [1.54, 1.807) is 0 Å². The standard InChI is InChI=1S/C17H14N/c1-2-7-15-12-18-10-9-13-5-3-4-8-16(13)17(18)11-14(15)6-1/h1-8,11-12H,9-10H2/q+1. The molecule has 18 heavy (non-hydrogen) atoms. The van der Waals surface area contributed by atoms with Gasteiger partial charge in [-0.1, -0.05) is 36.4 Å². The van der Waals surface area contributed by atoms with Crippen molar-refractivity contribution in [3.63, 3.8) is 0 Å². The van der Waals surface area contributed by atoms with Gasteiger partial charge >= 0.3 is 0 Å². The Morgan fingerprint density at radius 3 is 2.56 bits per heavy atom. The fourth-order valence-electron chi connectivity index (χ4n) is 2.87. The maximum Gasteiger partial charge on any atom is 0.213 e. The number of fused-ring (bicyclic) bond motifs is 4. The zero-order valence-electron chi connectivity index (χ0n) is 10.1. The molecule has 0 aliphatic carbocycles. The van der Waals surface area contributed by atoms with E-state index in [9.17, 15) is 0 Å². The van der Waals surface area contributed by atoms with E-state index in [1.165, 1.54) is 27.6 Å². The quantitative estimate of drug-likeness (QED) is 0.523. The fourth-order valence-corrected chi connectivity index (χ4v) is 2.87. The molecular weight excluding hydrogens is 218 g/mol. The molecule has 0 saturated carbocycles. The highest BCUT2D eigenvalue weighted by Gasteiger charge is 2.22. The third kappa shape index (κ3) is 1.37. The first-order valence-corrected chi connectivity index (χ1v) is 6.42. The highest BCUT2D eigenvalue weighted by Crippen LogP contribution is 2.27.